The van der Waals surface area contributed by atoms with E-state index in [2.05, 4.69) is 22.5 Å². The molecule has 0 aromatic carbocycles. The van der Waals surface area contributed by atoms with Crippen molar-refractivity contribution in [2.45, 2.75) is 38.8 Å². The van der Waals surface area contributed by atoms with E-state index in [1.807, 2.05) is 0 Å². The van der Waals surface area contributed by atoms with Crippen LogP contribution in [0.15, 0.2) is 0 Å². The monoisotopic (exact) mass is 287 g/mol. The molecule has 0 radical (unpaired) electrons. The molecular formula is C13H25N3O4. The molecule has 1 aliphatic rings. The van der Waals surface area contributed by atoms with Crippen LogP contribution >= 0.6 is 0 Å². The van der Waals surface area contributed by atoms with Gasteiger partial charge >= 0.3 is 12.0 Å². The van der Waals surface area contributed by atoms with Crippen LogP contribution in [0.1, 0.15) is 26.7 Å². The second kappa shape index (κ2) is 8.06. The molecule has 1 aliphatic heterocycles. The normalized spacial score (nSPS) is 20.1. The molecule has 1 rings (SSSR count). The second-order valence-electron chi connectivity index (χ2n) is 5.29. The highest BCUT2D eigenvalue weighted by Crippen LogP contribution is 2.15. The minimum absolute atomic E-state index is 0.429. The highest BCUT2D eigenvalue weighted by molar-refractivity contribution is 5.82. The van der Waals surface area contributed by atoms with Gasteiger partial charge in [-0.1, -0.05) is 6.92 Å². The van der Waals surface area contributed by atoms with Crippen LogP contribution in [0, 0.1) is 5.92 Å². The Balaban J connectivity index is 2.28. The van der Waals surface area contributed by atoms with Gasteiger partial charge in [0.15, 0.2) is 6.04 Å². The molecule has 1 fully saturated rings. The molecule has 7 nitrogen and oxygen atoms in total. The Morgan fingerprint density at radius 3 is 2.40 bits per heavy atom. The lowest BCUT2D eigenvalue weighted by molar-refractivity contribution is -0.141. The minimum atomic E-state index is -1.28. The predicted molar refractivity (Wildman–Crippen MR) is 74.5 cm³/mol. The summed E-state index contributed by atoms with van der Waals surface area (Å²) in [6.45, 7) is 7.13. The summed E-state index contributed by atoms with van der Waals surface area (Å²) in [5.74, 6) is -0.815. The molecule has 1 saturated heterocycles. The van der Waals surface area contributed by atoms with E-state index >= 15 is 0 Å². The number of urea groups is 1. The topological polar surface area (TPSA) is 102 Å². The van der Waals surface area contributed by atoms with Crippen molar-refractivity contribution in [2.75, 3.05) is 26.2 Å². The number of amides is 2. The highest BCUT2D eigenvalue weighted by Gasteiger charge is 2.25. The number of nitrogens with one attached hydrogen (secondary N) is 2. The fourth-order valence-electron chi connectivity index (χ4n) is 2.32. The van der Waals surface area contributed by atoms with Crippen LogP contribution in [-0.4, -0.2) is 65.4 Å². The van der Waals surface area contributed by atoms with E-state index < -0.39 is 24.1 Å². The summed E-state index contributed by atoms with van der Waals surface area (Å²) in [6, 6.07) is -1.83. The summed E-state index contributed by atoms with van der Waals surface area (Å²) < 4.78 is 0. The third-order valence-electron chi connectivity index (χ3n) is 3.74. The molecule has 116 valence electrons. The SMILES string of the molecule is CCN1CCC(CNC(=O)NC(C(=O)O)C(C)O)CC1. The standard InChI is InChI=1S/C13H25N3O4/c1-3-16-6-4-10(5-7-16)8-14-13(20)15-11(9(2)17)12(18)19/h9-11,17H,3-8H2,1-2H3,(H,18,19)(H2,14,15,20). The number of aliphatic hydroxyl groups is 1. The Hall–Kier alpha value is -1.34. The molecule has 20 heavy (non-hydrogen) atoms. The molecule has 2 atom stereocenters. The number of carbonyl (C=O) groups is 2. The van der Waals surface area contributed by atoms with Crippen molar-refractivity contribution in [3.63, 3.8) is 0 Å². The van der Waals surface area contributed by atoms with Gasteiger partial charge in [0.2, 0.25) is 0 Å². The molecule has 4 N–H and O–H groups in total. The lowest BCUT2D eigenvalue weighted by atomic mass is 9.97. The number of aliphatic hydroxyl groups excluding tert-OH is 1. The van der Waals surface area contributed by atoms with Gasteiger partial charge < -0.3 is 25.7 Å². The predicted octanol–water partition coefficient (Wildman–Crippen LogP) is -0.148. The molecule has 0 aliphatic carbocycles. The largest absolute Gasteiger partial charge is 0.480 e. The summed E-state index contributed by atoms with van der Waals surface area (Å²) in [6.07, 6.45) is 0.936. The van der Waals surface area contributed by atoms with Gasteiger partial charge in [-0.3, -0.25) is 0 Å². The van der Waals surface area contributed by atoms with E-state index in [0.717, 1.165) is 32.5 Å². The average Bonchev–Trinajstić information content (AvgIpc) is 2.42. The van der Waals surface area contributed by atoms with Gasteiger partial charge in [-0.25, -0.2) is 9.59 Å². The van der Waals surface area contributed by atoms with Crippen LogP contribution in [0.3, 0.4) is 0 Å². The van der Waals surface area contributed by atoms with Gasteiger partial charge in [0.1, 0.15) is 0 Å². The van der Waals surface area contributed by atoms with Crippen LogP contribution in [0.5, 0.6) is 0 Å². The van der Waals surface area contributed by atoms with Crippen molar-refractivity contribution >= 4 is 12.0 Å². The van der Waals surface area contributed by atoms with Crippen molar-refractivity contribution in [1.29, 1.82) is 0 Å². The Kier molecular flexibility index (Phi) is 6.74. The number of likely N-dealkylation sites (tertiary alicyclic amines) is 1. The molecule has 0 spiro atoms. The Labute approximate surface area is 119 Å². The number of carboxylic acids is 1. The summed E-state index contributed by atoms with van der Waals surface area (Å²) in [5, 5.41) is 23.1. The maximum Gasteiger partial charge on any atom is 0.328 e. The van der Waals surface area contributed by atoms with E-state index in [-0.39, 0.29) is 0 Å². The summed E-state index contributed by atoms with van der Waals surface area (Å²) in [4.78, 5) is 24.8. The zero-order chi connectivity index (χ0) is 15.1. The Morgan fingerprint density at radius 1 is 1.35 bits per heavy atom. The molecule has 0 bridgehead atoms. The summed E-state index contributed by atoms with van der Waals surface area (Å²) in [5.41, 5.74) is 0. The minimum Gasteiger partial charge on any atom is -0.480 e. The lowest BCUT2D eigenvalue weighted by Crippen LogP contribution is -2.52. The first-order valence-electron chi connectivity index (χ1n) is 7.11. The van der Waals surface area contributed by atoms with E-state index in [1.54, 1.807) is 0 Å². The number of piperidine rings is 1. The molecule has 0 saturated carbocycles. The number of rotatable bonds is 6. The average molecular weight is 287 g/mol. The van der Waals surface area contributed by atoms with E-state index in [0.29, 0.717) is 12.5 Å². The first-order chi connectivity index (χ1) is 9.43. The fraction of sp³-hybridized carbons (Fsp3) is 0.846. The maximum atomic E-state index is 11.6. The van der Waals surface area contributed by atoms with Gasteiger partial charge in [0.05, 0.1) is 6.10 Å². The van der Waals surface area contributed by atoms with E-state index in [1.165, 1.54) is 6.92 Å². The van der Waals surface area contributed by atoms with Gasteiger partial charge in [0, 0.05) is 6.54 Å². The van der Waals surface area contributed by atoms with Gasteiger partial charge in [-0.15, -0.1) is 0 Å². The number of carbonyl (C=O) groups excluding carboxylic acids is 1. The third-order valence-corrected chi connectivity index (χ3v) is 3.74. The second-order valence-corrected chi connectivity index (χ2v) is 5.29. The van der Waals surface area contributed by atoms with Crippen molar-refractivity contribution in [1.82, 2.24) is 15.5 Å². The van der Waals surface area contributed by atoms with Crippen molar-refractivity contribution < 1.29 is 19.8 Å². The highest BCUT2D eigenvalue weighted by atomic mass is 16.4. The van der Waals surface area contributed by atoms with Crippen LogP contribution in [-0.2, 0) is 4.79 Å². The maximum absolute atomic E-state index is 11.6. The summed E-state index contributed by atoms with van der Waals surface area (Å²) in [7, 11) is 0. The molecule has 1 heterocycles. The van der Waals surface area contributed by atoms with Crippen LogP contribution < -0.4 is 10.6 Å². The number of hydrogen-bond acceptors (Lipinski definition) is 4. The first kappa shape index (κ1) is 16.7. The van der Waals surface area contributed by atoms with Gasteiger partial charge in [-0.05, 0) is 45.3 Å². The van der Waals surface area contributed by atoms with Crippen molar-refractivity contribution in [2.24, 2.45) is 5.92 Å². The zero-order valence-electron chi connectivity index (χ0n) is 12.1. The van der Waals surface area contributed by atoms with Crippen LogP contribution in [0.2, 0.25) is 0 Å². The number of carboxylic acid groups (broad SMARTS) is 1. The quantitative estimate of drug-likeness (QED) is 0.544. The van der Waals surface area contributed by atoms with Crippen LogP contribution in [0.4, 0.5) is 4.79 Å². The Bertz CT molecular complexity index is 328. The zero-order valence-corrected chi connectivity index (χ0v) is 12.1. The van der Waals surface area contributed by atoms with Crippen molar-refractivity contribution in [3.05, 3.63) is 0 Å². The number of aliphatic carboxylic acids is 1. The molecule has 2 unspecified atom stereocenters. The molecule has 0 aromatic rings. The first-order valence-corrected chi connectivity index (χ1v) is 7.11. The molecular weight excluding hydrogens is 262 g/mol. The van der Waals surface area contributed by atoms with Gasteiger partial charge in [0.25, 0.3) is 0 Å². The van der Waals surface area contributed by atoms with Gasteiger partial charge in [-0.2, -0.15) is 0 Å². The summed E-state index contributed by atoms with van der Waals surface area (Å²) >= 11 is 0. The fourth-order valence-corrected chi connectivity index (χ4v) is 2.32. The number of nitrogens with zero attached hydrogens (tertiary/aromatic N) is 1. The number of hydrogen-bond donors (Lipinski definition) is 4. The Morgan fingerprint density at radius 2 is 1.95 bits per heavy atom. The third kappa shape index (κ3) is 5.34. The van der Waals surface area contributed by atoms with E-state index in [4.69, 9.17) is 5.11 Å². The van der Waals surface area contributed by atoms with Crippen molar-refractivity contribution in [3.8, 4) is 0 Å². The molecule has 7 heteroatoms. The van der Waals surface area contributed by atoms with Crippen LogP contribution in [0.25, 0.3) is 0 Å². The van der Waals surface area contributed by atoms with E-state index in [9.17, 15) is 14.7 Å². The molecule has 2 amide bonds. The lowest BCUT2D eigenvalue weighted by Gasteiger charge is -2.31. The molecule has 0 aromatic heterocycles. The smallest absolute Gasteiger partial charge is 0.328 e.